The highest BCUT2D eigenvalue weighted by Gasteiger charge is 2.13. The molecule has 2 rings (SSSR count). The van der Waals surface area contributed by atoms with Gasteiger partial charge in [0, 0.05) is 22.2 Å². The number of hydrogen-bond acceptors (Lipinski definition) is 3. The number of hydrogen-bond donors (Lipinski definition) is 0. The van der Waals surface area contributed by atoms with Gasteiger partial charge in [-0.1, -0.05) is 18.2 Å². The number of benzene rings is 1. The van der Waals surface area contributed by atoms with Crippen LogP contribution in [0.5, 0.6) is 5.75 Å². The van der Waals surface area contributed by atoms with Crippen LogP contribution in [0.2, 0.25) is 0 Å². The van der Waals surface area contributed by atoms with Crippen molar-refractivity contribution in [2.24, 2.45) is 0 Å². The number of aryl methyl sites for hydroxylation is 1. The minimum absolute atomic E-state index is 0.409. The molecule has 0 amide bonds. The Morgan fingerprint density at radius 2 is 1.89 bits per heavy atom. The molecule has 0 bridgehead atoms. The maximum Gasteiger partial charge on any atom is 0.128 e. The third kappa shape index (κ3) is 3.01. The number of pyridine rings is 1. The Bertz CT molecular complexity index is 597. The summed E-state index contributed by atoms with van der Waals surface area (Å²) >= 11 is 0. The standard InChI is InChI=1S/C15H17NO2S/c1-11-9-16-14(12(2)15(11)18-3)10-19(17)13-7-5-4-6-8-13/h4-9H,10H2,1-3H3. The fraction of sp³-hybridized carbons (Fsp3) is 0.267. The summed E-state index contributed by atoms with van der Waals surface area (Å²) in [5.74, 6) is 1.24. The Morgan fingerprint density at radius 1 is 1.21 bits per heavy atom. The van der Waals surface area contributed by atoms with Crippen LogP contribution < -0.4 is 4.74 Å². The second kappa shape index (κ2) is 5.97. The maximum absolute atomic E-state index is 12.3. The van der Waals surface area contributed by atoms with Gasteiger partial charge in [-0.2, -0.15) is 0 Å². The Morgan fingerprint density at radius 3 is 2.53 bits per heavy atom. The molecule has 0 saturated carbocycles. The lowest BCUT2D eigenvalue weighted by Crippen LogP contribution is -2.04. The molecule has 0 saturated heterocycles. The summed E-state index contributed by atoms with van der Waals surface area (Å²) < 4.78 is 17.6. The molecule has 0 spiro atoms. The van der Waals surface area contributed by atoms with Gasteiger partial charge < -0.3 is 4.74 Å². The lowest BCUT2D eigenvalue weighted by Gasteiger charge is -2.12. The molecule has 0 radical (unpaired) electrons. The van der Waals surface area contributed by atoms with Gasteiger partial charge >= 0.3 is 0 Å². The summed E-state index contributed by atoms with van der Waals surface area (Å²) in [7, 11) is 0.567. The molecule has 100 valence electrons. The molecule has 19 heavy (non-hydrogen) atoms. The molecule has 1 heterocycles. The third-order valence-electron chi connectivity index (χ3n) is 3.02. The number of ether oxygens (including phenoxy) is 1. The number of nitrogens with zero attached hydrogens (tertiary/aromatic N) is 1. The normalized spacial score (nSPS) is 12.2. The smallest absolute Gasteiger partial charge is 0.128 e. The number of methoxy groups -OCH3 is 1. The van der Waals surface area contributed by atoms with Gasteiger partial charge in [-0.05, 0) is 26.0 Å². The average Bonchev–Trinajstić information content (AvgIpc) is 2.43. The van der Waals surface area contributed by atoms with Crippen molar-refractivity contribution in [2.45, 2.75) is 24.5 Å². The van der Waals surface area contributed by atoms with Crippen LogP contribution in [0.1, 0.15) is 16.8 Å². The summed E-state index contributed by atoms with van der Waals surface area (Å²) in [5, 5.41) is 0. The molecule has 1 atom stereocenters. The van der Waals surface area contributed by atoms with Gasteiger partial charge in [-0.15, -0.1) is 0 Å². The monoisotopic (exact) mass is 275 g/mol. The van der Waals surface area contributed by atoms with E-state index in [9.17, 15) is 4.21 Å². The Kier molecular flexibility index (Phi) is 4.32. The molecule has 1 aromatic carbocycles. The SMILES string of the molecule is COc1c(C)cnc(CS(=O)c2ccccc2)c1C. The number of aromatic nitrogens is 1. The molecule has 0 N–H and O–H groups in total. The number of rotatable bonds is 4. The van der Waals surface area contributed by atoms with Gasteiger partial charge in [0.15, 0.2) is 0 Å². The van der Waals surface area contributed by atoms with E-state index >= 15 is 0 Å². The zero-order valence-electron chi connectivity index (χ0n) is 11.3. The molecule has 0 aliphatic carbocycles. The van der Waals surface area contributed by atoms with Crippen LogP contribution in [-0.2, 0) is 16.6 Å². The quantitative estimate of drug-likeness (QED) is 0.861. The van der Waals surface area contributed by atoms with Crippen LogP contribution in [0.15, 0.2) is 41.4 Å². The minimum atomic E-state index is -1.08. The van der Waals surface area contributed by atoms with E-state index in [2.05, 4.69) is 4.98 Å². The summed E-state index contributed by atoms with van der Waals surface area (Å²) in [5.41, 5.74) is 2.78. The van der Waals surface area contributed by atoms with E-state index in [4.69, 9.17) is 4.74 Å². The lowest BCUT2D eigenvalue weighted by molar-refractivity contribution is 0.407. The fourth-order valence-corrected chi connectivity index (χ4v) is 3.16. The first-order valence-corrected chi connectivity index (χ1v) is 7.38. The van der Waals surface area contributed by atoms with Crippen molar-refractivity contribution < 1.29 is 8.95 Å². The fourth-order valence-electron chi connectivity index (χ4n) is 2.00. The van der Waals surface area contributed by atoms with E-state index in [0.29, 0.717) is 5.75 Å². The van der Waals surface area contributed by atoms with Gasteiger partial charge in [0.1, 0.15) is 5.75 Å². The first kappa shape index (κ1) is 13.7. The van der Waals surface area contributed by atoms with Crippen molar-refractivity contribution in [1.82, 2.24) is 4.98 Å². The molecule has 3 nitrogen and oxygen atoms in total. The molecular formula is C15H17NO2S. The molecule has 2 aromatic rings. The van der Waals surface area contributed by atoms with Crippen molar-refractivity contribution >= 4 is 10.8 Å². The minimum Gasteiger partial charge on any atom is -0.496 e. The molecule has 0 aliphatic rings. The highest BCUT2D eigenvalue weighted by atomic mass is 32.2. The van der Waals surface area contributed by atoms with Crippen LogP contribution in [-0.4, -0.2) is 16.3 Å². The van der Waals surface area contributed by atoms with Gasteiger partial charge in [0.2, 0.25) is 0 Å². The topological polar surface area (TPSA) is 39.2 Å². The highest BCUT2D eigenvalue weighted by Crippen LogP contribution is 2.25. The van der Waals surface area contributed by atoms with Crippen LogP contribution in [0.4, 0.5) is 0 Å². The van der Waals surface area contributed by atoms with Crippen LogP contribution in [0.25, 0.3) is 0 Å². The summed E-state index contributed by atoms with van der Waals surface area (Å²) in [6.07, 6.45) is 1.77. The summed E-state index contributed by atoms with van der Waals surface area (Å²) in [6, 6.07) is 9.44. The summed E-state index contributed by atoms with van der Waals surface area (Å²) in [6.45, 7) is 3.91. The van der Waals surface area contributed by atoms with E-state index in [1.54, 1.807) is 13.3 Å². The largest absolute Gasteiger partial charge is 0.496 e. The van der Waals surface area contributed by atoms with Crippen LogP contribution >= 0.6 is 0 Å². The van der Waals surface area contributed by atoms with E-state index in [-0.39, 0.29) is 0 Å². The van der Waals surface area contributed by atoms with Crippen molar-refractivity contribution in [3.05, 3.63) is 53.3 Å². The Hall–Kier alpha value is -1.68. The van der Waals surface area contributed by atoms with Gasteiger partial charge in [-0.25, -0.2) is 0 Å². The maximum atomic E-state index is 12.3. The zero-order valence-corrected chi connectivity index (χ0v) is 12.2. The molecule has 1 unspecified atom stereocenters. The van der Waals surface area contributed by atoms with E-state index in [1.165, 1.54) is 0 Å². The first-order chi connectivity index (χ1) is 9.13. The van der Waals surface area contributed by atoms with E-state index < -0.39 is 10.8 Å². The second-order valence-electron chi connectivity index (χ2n) is 4.35. The molecule has 1 aromatic heterocycles. The Labute approximate surface area is 116 Å². The average molecular weight is 275 g/mol. The summed E-state index contributed by atoms with van der Waals surface area (Å²) in [4.78, 5) is 5.20. The Balaban J connectivity index is 2.27. The second-order valence-corrected chi connectivity index (χ2v) is 5.80. The lowest BCUT2D eigenvalue weighted by atomic mass is 10.1. The van der Waals surface area contributed by atoms with Crippen molar-refractivity contribution in [2.75, 3.05) is 7.11 Å². The third-order valence-corrected chi connectivity index (χ3v) is 4.36. The highest BCUT2D eigenvalue weighted by molar-refractivity contribution is 7.84. The van der Waals surface area contributed by atoms with Gasteiger partial charge in [-0.3, -0.25) is 9.19 Å². The first-order valence-electron chi connectivity index (χ1n) is 6.06. The van der Waals surface area contributed by atoms with Crippen molar-refractivity contribution in [3.8, 4) is 5.75 Å². The van der Waals surface area contributed by atoms with Crippen molar-refractivity contribution in [3.63, 3.8) is 0 Å². The van der Waals surface area contributed by atoms with Gasteiger partial charge in [0.05, 0.1) is 29.4 Å². The van der Waals surface area contributed by atoms with Crippen molar-refractivity contribution in [1.29, 1.82) is 0 Å². The van der Waals surface area contributed by atoms with Gasteiger partial charge in [0.25, 0.3) is 0 Å². The zero-order chi connectivity index (χ0) is 13.8. The van der Waals surface area contributed by atoms with E-state index in [0.717, 1.165) is 27.5 Å². The molecule has 0 fully saturated rings. The van der Waals surface area contributed by atoms with Crippen LogP contribution in [0.3, 0.4) is 0 Å². The molecular weight excluding hydrogens is 258 g/mol. The molecule has 0 aliphatic heterocycles. The molecule has 4 heteroatoms. The van der Waals surface area contributed by atoms with E-state index in [1.807, 2.05) is 44.2 Å². The predicted octanol–water partition coefficient (Wildman–Crippen LogP) is 3.01. The predicted molar refractivity (Wildman–Crippen MR) is 76.8 cm³/mol. The van der Waals surface area contributed by atoms with Crippen LogP contribution in [0, 0.1) is 13.8 Å².